The molecule has 1 N–H and O–H groups in total. The SMILES string of the molecule is O=C(c1ccc(Br)cc1F)N1CCC(c2nc3ccccc3[nH]2)CC1. The quantitative estimate of drug-likeness (QED) is 0.687. The van der Waals surface area contributed by atoms with Gasteiger partial charge in [-0.05, 0) is 43.2 Å². The van der Waals surface area contributed by atoms with Gasteiger partial charge in [0.1, 0.15) is 11.6 Å². The van der Waals surface area contributed by atoms with Gasteiger partial charge in [0.25, 0.3) is 5.91 Å². The summed E-state index contributed by atoms with van der Waals surface area (Å²) in [4.78, 5) is 22.3. The number of imidazole rings is 1. The monoisotopic (exact) mass is 401 g/mol. The van der Waals surface area contributed by atoms with E-state index in [0.29, 0.717) is 23.5 Å². The molecule has 0 spiro atoms. The fourth-order valence-corrected chi connectivity index (χ4v) is 3.69. The summed E-state index contributed by atoms with van der Waals surface area (Å²) < 4.78 is 14.7. The Balaban J connectivity index is 1.46. The van der Waals surface area contributed by atoms with Crippen LogP contribution in [-0.4, -0.2) is 33.9 Å². The molecule has 3 aromatic rings. The van der Waals surface area contributed by atoms with Crippen molar-refractivity contribution in [1.29, 1.82) is 0 Å². The fraction of sp³-hybridized carbons (Fsp3) is 0.263. The number of aromatic amines is 1. The fourth-order valence-electron chi connectivity index (χ4n) is 3.36. The van der Waals surface area contributed by atoms with Gasteiger partial charge >= 0.3 is 0 Å². The lowest BCUT2D eigenvalue weighted by molar-refractivity contribution is 0.0706. The van der Waals surface area contributed by atoms with Gasteiger partial charge in [-0.15, -0.1) is 0 Å². The predicted octanol–water partition coefficient (Wildman–Crippen LogP) is 4.48. The van der Waals surface area contributed by atoms with Gasteiger partial charge in [0.05, 0.1) is 16.6 Å². The highest BCUT2D eigenvalue weighted by Crippen LogP contribution is 2.29. The van der Waals surface area contributed by atoms with Crippen LogP contribution in [0, 0.1) is 5.82 Å². The van der Waals surface area contributed by atoms with Gasteiger partial charge in [-0.3, -0.25) is 4.79 Å². The van der Waals surface area contributed by atoms with E-state index in [2.05, 4.69) is 25.9 Å². The Morgan fingerprint density at radius 1 is 1.20 bits per heavy atom. The Morgan fingerprint density at radius 3 is 2.68 bits per heavy atom. The van der Waals surface area contributed by atoms with Crippen LogP contribution < -0.4 is 0 Å². The third-order valence-corrected chi connectivity index (χ3v) is 5.23. The van der Waals surface area contributed by atoms with E-state index < -0.39 is 5.82 Å². The first-order chi connectivity index (χ1) is 12.1. The Bertz CT molecular complexity index is 898. The van der Waals surface area contributed by atoms with Gasteiger partial charge in [-0.2, -0.15) is 0 Å². The molecule has 0 radical (unpaired) electrons. The highest BCUT2D eigenvalue weighted by Gasteiger charge is 2.27. The Hall–Kier alpha value is -2.21. The van der Waals surface area contributed by atoms with Crippen LogP contribution in [0.25, 0.3) is 11.0 Å². The maximum absolute atomic E-state index is 14.0. The number of hydrogen-bond donors (Lipinski definition) is 1. The molecular formula is C19H17BrFN3O. The normalized spacial score (nSPS) is 15.7. The van der Waals surface area contributed by atoms with Crippen LogP contribution in [0.15, 0.2) is 46.9 Å². The third-order valence-electron chi connectivity index (χ3n) is 4.74. The number of carbonyl (C=O) groups is 1. The summed E-state index contributed by atoms with van der Waals surface area (Å²) in [5.41, 5.74) is 2.13. The van der Waals surface area contributed by atoms with Crippen molar-refractivity contribution in [3.63, 3.8) is 0 Å². The number of aromatic nitrogens is 2. The van der Waals surface area contributed by atoms with Crippen molar-refractivity contribution in [2.45, 2.75) is 18.8 Å². The molecule has 25 heavy (non-hydrogen) atoms. The van der Waals surface area contributed by atoms with Gasteiger partial charge in [0.2, 0.25) is 0 Å². The minimum absolute atomic E-state index is 0.130. The smallest absolute Gasteiger partial charge is 0.256 e. The molecule has 0 aliphatic carbocycles. The number of hydrogen-bond acceptors (Lipinski definition) is 2. The maximum atomic E-state index is 14.0. The minimum Gasteiger partial charge on any atom is -0.342 e. The zero-order valence-corrected chi connectivity index (χ0v) is 15.1. The van der Waals surface area contributed by atoms with E-state index in [9.17, 15) is 9.18 Å². The van der Waals surface area contributed by atoms with E-state index in [0.717, 1.165) is 29.7 Å². The van der Waals surface area contributed by atoms with Crippen LogP contribution in [0.3, 0.4) is 0 Å². The van der Waals surface area contributed by atoms with E-state index in [1.807, 2.05) is 24.3 Å². The topological polar surface area (TPSA) is 49.0 Å². The first kappa shape index (κ1) is 16.3. The molecule has 0 unspecified atom stereocenters. The van der Waals surface area contributed by atoms with Crippen LogP contribution in [0.1, 0.15) is 34.9 Å². The van der Waals surface area contributed by atoms with Crippen molar-refractivity contribution in [2.75, 3.05) is 13.1 Å². The predicted molar refractivity (Wildman–Crippen MR) is 98.1 cm³/mol. The zero-order chi connectivity index (χ0) is 17.4. The minimum atomic E-state index is -0.487. The molecule has 0 atom stereocenters. The molecular weight excluding hydrogens is 385 g/mol. The number of H-pyrrole nitrogens is 1. The second-order valence-electron chi connectivity index (χ2n) is 6.33. The molecule has 2 heterocycles. The number of nitrogens with zero attached hydrogens (tertiary/aromatic N) is 2. The molecule has 0 bridgehead atoms. The number of rotatable bonds is 2. The van der Waals surface area contributed by atoms with Crippen molar-refractivity contribution in [3.8, 4) is 0 Å². The van der Waals surface area contributed by atoms with Crippen molar-refractivity contribution >= 4 is 32.9 Å². The van der Waals surface area contributed by atoms with E-state index >= 15 is 0 Å². The lowest BCUT2D eigenvalue weighted by Gasteiger charge is -2.31. The Kier molecular flexibility index (Phi) is 4.29. The Labute approximate surface area is 153 Å². The number of likely N-dealkylation sites (tertiary alicyclic amines) is 1. The summed E-state index contributed by atoms with van der Waals surface area (Å²) in [5, 5.41) is 0. The van der Waals surface area contributed by atoms with Crippen LogP contribution in [0.5, 0.6) is 0 Å². The zero-order valence-electron chi connectivity index (χ0n) is 13.5. The van der Waals surface area contributed by atoms with Crippen LogP contribution >= 0.6 is 15.9 Å². The number of halogens is 2. The molecule has 2 aromatic carbocycles. The summed E-state index contributed by atoms with van der Waals surface area (Å²) >= 11 is 3.21. The average molecular weight is 402 g/mol. The van der Waals surface area contributed by atoms with E-state index in [1.165, 1.54) is 12.1 Å². The number of amides is 1. The molecule has 1 saturated heterocycles. The molecule has 1 aliphatic heterocycles. The van der Waals surface area contributed by atoms with Gasteiger partial charge in [-0.1, -0.05) is 28.1 Å². The van der Waals surface area contributed by atoms with Gasteiger partial charge < -0.3 is 9.88 Å². The first-order valence-electron chi connectivity index (χ1n) is 8.31. The number of piperidine rings is 1. The van der Waals surface area contributed by atoms with Gasteiger partial charge in [-0.25, -0.2) is 9.37 Å². The molecule has 128 valence electrons. The molecule has 6 heteroatoms. The second-order valence-corrected chi connectivity index (χ2v) is 7.25. The summed E-state index contributed by atoms with van der Waals surface area (Å²) in [5.74, 6) is 0.543. The van der Waals surface area contributed by atoms with Crippen molar-refractivity contribution in [1.82, 2.24) is 14.9 Å². The number of nitrogens with one attached hydrogen (secondary N) is 1. The second kappa shape index (κ2) is 6.59. The molecule has 0 saturated carbocycles. The molecule has 1 amide bonds. The van der Waals surface area contributed by atoms with Crippen molar-refractivity contribution in [3.05, 3.63) is 64.1 Å². The van der Waals surface area contributed by atoms with E-state index in [4.69, 9.17) is 0 Å². The average Bonchev–Trinajstić information content (AvgIpc) is 3.05. The van der Waals surface area contributed by atoms with E-state index in [1.54, 1.807) is 11.0 Å². The van der Waals surface area contributed by atoms with E-state index in [-0.39, 0.29) is 11.5 Å². The standard InChI is InChI=1S/C19H17BrFN3O/c20-13-5-6-14(15(21)11-13)19(25)24-9-7-12(8-10-24)18-22-16-3-1-2-4-17(16)23-18/h1-6,11-12H,7-10H2,(H,22,23). The molecule has 1 aromatic heterocycles. The van der Waals surface area contributed by atoms with Crippen LogP contribution in [0.4, 0.5) is 4.39 Å². The van der Waals surface area contributed by atoms with Gasteiger partial charge in [0, 0.05) is 23.5 Å². The number of fused-ring (bicyclic) bond motifs is 1. The summed E-state index contributed by atoms with van der Waals surface area (Å²) in [7, 11) is 0. The molecule has 1 aliphatic rings. The Morgan fingerprint density at radius 2 is 1.96 bits per heavy atom. The molecule has 1 fully saturated rings. The summed E-state index contributed by atoms with van der Waals surface area (Å²) in [6.07, 6.45) is 1.65. The number of benzene rings is 2. The lowest BCUT2D eigenvalue weighted by Crippen LogP contribution is -2.38. The highest BCUT2D eigenvalue weighted by molar-refractivity contribution is 9.10. The number of carbonyl (C=O) groups excluding carboxylic acids is 1. The summed E-state index contributed by atoms with van der Waals surface area (Å²) in [6, 6.07) is 12.5. The summed E-state index contributed by atoms with van der Waals surface area (Å²) in [6.45, 7) is 1.21. The van der Waals surface area contributed by atoms with Crippen LogP contribution in [-0.2, 0) is 0 Å². The largest absolute Gasteiger partial charge is 0.342 e. The third kappa shape index (κ3) is 3.18. The van der Waals surface area contributed by atoms with Crippen molar-refractivity contribution < 1.29 is 9.18 Å². The van der Waals surface area contributed by atoms with Gasteiger partial charge in [0.15, 0.2) is 0 Å². The lowest BCUT2D eigenvalue weighted by atomic mass is 9.95. The highest BCUT2D eigenvalue weighted by atomic mass is 79.9. The maximum Gasteiger partial charge on any atom is 0.256 e. The van der Waals surface area contributed by atoms with Crippen LogP contribution in [0.2, 0.25) is 0 Å². The number of para-hydroxylation sites is 2. The molecule has 4 rings (SSSR count). The first-order valence-corrected chi connectivity index (χ1v) is 9.10. The van der Waals surface area contributed by atoms with Crippen molar-refractivity contribution in [2.24, 2.45) is 0 Å². The molecule has 4 nitrogen and oxygen atoms in total.